The topological polar surface area (TPSA) is 43.1 Å². The Morgan fingerprint density at radius 1 is 1.27 bits per heavy atom. The number of hydrogen-bond donors (Lipinski definition) is 0. The molecule has 2 heterocycles. The molecule has 1 aromatic carbocycles. The van der Waals surface area contributed by atoms with Gasteiger partial charge in [-0.05, 0) is 47.2 Å². The monoisotopic (exact) mass is 218 g/mol. The molecule has 0 aliphatic heterocycles. The number of nitrogens with zero attached hydrogens (tertiary/aromatic N) is 4. The van der Waals surface area contributed by atoms with Crippen LogP contribution in [0.2, 0.25) is 5.02 Å². The number of pyridine rings is 1. The molecule has 5 heteroatoms. The molecule has 0 saturated carbocycles. The molecule has 0 spiro atoms. The third-order valence-electron chi connectivity index (χ3n) is 2.41. The maximum absolute atomic E-state index is 5.99. The quantitative estimate of drug-likeness (QED) is 0.581. The van der Waals surface area contributed by atoms with Gasteiger partial charge in [0, 0.05) is 10.4 Å². The van der Waals surface area contributed by atoms with Gasteiger partial charge < -0.3 is 0 Å². The SMILES string of the molecule is Cc1cc(Cl)cc2ccc3nnnn3c12. The predicted octanol–water partition coefficient (Wildman–Crippen LogP) is 2.24. The van der Waals surface area contributed by atoms with E-state index in [9.17, 15) is 0 Å². The molecule has 0 amide bonds. The van der Waals surface area contributed by atoms with Gasteiger partial charge in [-0.15, -0.1) is 5.10 Å². The molecular weight excluding hydrogens is 212 g/mol. The van der Waals surface area contributed by atoms with Crippen LogP contribution in [0, 0.1) is 6.92 Å². The molecule has 74 valence electrons. The highest BCUT2D eigenvalue weighted by atomic mass is 35.5. The minimum Gasteiger partial charge on any atom is -0.193 e. The van der Waals surface area contributed by atoms with Gasteiger partial charge in [0.15, 0.2) is 5.65 Å². The summed E-state index contributed by atoms with van der Waals surface area (Å²) in [6.45, 7) is 2.00. The van der Waals surface area contributed by atoms with Crippen LogP contribution in [0.4, 0.5) is 0 Å². The van der Waals surface area contributed by atoms with E-state index in [-0.39, 0.29) is 0 Å². The molecule has 0 fully saturated rings. The Kier molecular flexibility index (Phi) is 1.67. The summed E-state index contributed by atoms with van der Waals surface area (Å²) in [6, 6.07) is 7.66. The molecule has 3 aromatic rings. The smallest absolute Gasteiger partial charge is 0.179 e. The summed E-state index contributed by atoms with van der Waals surface area (Å²) in [5.74, 6) is 0. The number of rotatable bonds is 0. The lowest BCUT2D eigenvalue weighted by atomic mass is 10.1. The van der Waals surface area contributed by atoms with Crippen molar-refractivity contribution in [2.45, 2.75) is 6.92 Å². The molecule has 0 atom stereocenters. The Labute approximate surface area is 90.5 Å². The van der Waals surface area contributed by atoms with Crippen molar-refractivity contribution in [2.75, 3.05) is 0 Å². The third kappa shape index (κ3) is 1.18. The van der Waals surface area contributed by atoms with Crippen LogP contribution in [-0.4, -0.2) is 20.0 Å². The van der Waals surface area contributed by atoms with Crippen molar-refractivity contribution in [2.24, 2.45) is 0 Å². The first-order valence-corrected chi connectivity index (χ1v) is 4.90. The van der Waals surface area contributed by atoms with Crippen LogP contribution in [-0.2, 0) is 0 Å². The molecule has 0 saturated heterocycles. The van der Waals surface area contributed by atoms with E-state index in [0.29, 0.717) is 0 Å². The third-order valence-corrected chi connectivity index (χ3v) is 2.63. The average molecular weight is 219 g/mol. The molecule has 4 nitrogen and oxygen atoms in total. The summed E-state index contributed by atoms with van der Waals surface area (Å²) < 4.78 is 1.72. The number of aryl methyl sites for hydroxylation is 1. The fourth-order valence-electron chi connectivity index (χ4n) is 1.80. The van der Waals surface area contributed by atoms with Gasteiger partial charge in [0.25, 0.3) is 0 Å². The number of benzene rings is 1. The number of tetrazole rings is 1. The Hall–Kier alpha value is -1.68. The lowest BCUT2D eigenvalue weighted by Gasteiger charge is -2.03. The Morgan fingerprint density at radius 2 is 2.13 bits per heavy atom. The lowest BCUT2D eigenvalue weighted by Crippen LogP contribution is -1.93. The van der Waals surface area contributed by atoms with Crippen LogP contribution in [0.15, 0.2) is 24.3 Å². The van der Waals surface area contributed by atoms with Gasteiger partial charge in [-0.3, -0.25) is 0 Å². The van der Waals surface area contributed by atoms with Crippen molar-refractivity contribution in [1.82, 2.24) is 20.0 Å². The standard InChI is InChI=1S/C10H7ClN4/c1-6-4-8(11)5-7-2-3-9-12-13-14-15(9)10(6)7/h2-5H,1H3. The highest BCUT2D eigenvalue weighted by Gasteiger charge is 2.06. The zero-order valence-corrected chi connectivity index (χ0v) is 8.73. The summed E-state index contributed by atoms with van der Waals surface area (Å²) in [4.78, 5) is 0. The highest BCUT2D eigenvalue weighted by molar-refractivity contribution is 6.31. The van der Waals surface area contributed by atoms with Crippen molar-refractivity contribution < 1.29 is 0 Å². The van der Waals surface area contributed by atoms with Gasteiger partial charge in [-0.25, -0.2) is 0 Å². The molecule has 0 N–H and O–H groups in total. The molecule has 0 bridgehead atoms. The van der Waals surface area contributed by atoms with E-state index in [1.54, 1.807) is 4.52 Å². The molecular formula is C10H7ClN4. The maximum Gasteiger partial charge on any atom is 0.179 e. The van der Waals surface area contributed by atoms with Crippen LogP contribution in [0.1, 0.15) is 5.56 Å². The number of halogens is 1. The molecule has 3 rings (SSSR count). The molecule has 0 unspecified atom stereocenters. The van der Waals surface area contributed by atoms with Crippen molar-refractivity contribution in [3.05, 3.63) is 34.9 Å². The van der Waals surface area contributed by atoms with Gasteiger partial charge in [0.05, 0.1) is 5.52 Å². The summed E-state index contributed by atoms with van der Waals surface area (Å²) >= 11 is 5.99. The molecule has 0 radical (unpaired) electrons. The van der Waals surface area contributed by atoms with Gasteiger partial charge >= 0.3 is 0 Å². The van der Waals surface area contributed by atoms with Crippen LogP contribution in [0.5, 0.6) is 0 Å². The zero-order valence-electron chi connectivity index (χ0n) is 7.98. The Balaban J connectivity index is 2.62. The fourth-order valence-corrected chi connectivity index (χ4v) is 2.08. The highest BCUT2D eigenvalue weighted by Crippen LogP contribution is 2.23. The van der Waals surface area contributed by atoms with Crippen molar-refractivity contribution >= 4 is 28.2 Å². The lowest BCUT2D eigenvalue weighted by molar-refractivity contribution is 0.840. The Morgan fingerprint density at radius 3 is 3.00 bits per heavy atom. The van der Waals surface area contributed by atoms with Crippen LogP contribution in [0.25, 0.3) is 16.6 Å². The largest absolute Gasteiger partial charge is 0.193 e. The first-order chi connectivity index (χ1) is 7.25. The summed E-state index contributed by atoms with van der Waals surface area (Å²) in [5.41, 5.74) is 2.81. The first-order valence-electron chi connectivity index (χ1n) is 4.53. The van der Waals surface area contributed by atoms with Crippen molar-refractivity contribution in [3.8, 4) is 0 Å². The van der Waals surface area contributed by atoms with Gasteiger partial charge in [0.1, 0.15) is 0 Å². The normalized spacial score (nSPS) is 11.3. The van der Waals surface area contributed by atoms with Crippen LogP contribution in [0.3, 0.4) is 0 Å². The Bertz CT molecular complexity index is 659. The van der Waals surface area contributed by atoms with E-state index in [0.717, 1.165) is 27.1 Å². The van der Waals surface area contributed by atoms with E-state index in [2.05, 4.69) is 15.5 Å². The summed E-state index contributed by atoms with van der Waals surface area (Å²) in [7, 11) is 0. The molecule has 0 aliphatic rings. The van der Waals surface area contributed by atoms with E-state index in [1.165, 1.54) is 0 Å². The van der Waals surface area contributed by atoms with E-state index >= 15 is 0 Å². The number of hydrogen-bond acceptors (Lipinski definition) is 3. The second-order valence-corrected chi connectivity index (χ2v) is 3.88. The predicted molar refractivity (Wildman–Crippen MR) is 58.0 cm³/mol. The summed E-state index contributed by atoms with van der Waals surface area (Å²) in [5, 5.41) is 13.3. The molecule has 15 heavy (non-hydrogen) atoms. The van der Waals surface area contributed by atoms with Crippen molar-refractivity contribution in [1.29, 1.82) is 0 Å². The maximum atomic E-state index is 5.99. The van der Waals surface area contributed by atoms with E-state index < -0.39 is 0 Å². The fraction of sp³-hybridized carbons (Fsp3) is 0.100. The second kappa shape index (κ2) is 2.90. The minimum atomic E-state index is 0.729. The van der Waals surface area contributed by atoms with Crippen LogP contribution >= 0.6 is 11.6 Å². The van der Waals surface area contributed by atoms with Gasteiger partial charge in [0.2, 0.25) is 0 Å². The first kappa shape index (κ1) is 8.61. The van der Waals surface area contributed by atoms with E-state index in [4.69, 9.17) is 11.6 Å². The van der Waals surface area contributed by atoms with Crippen LogP contribution < -0.4 is 0 Å². The number of aromatic nitrogens is 4. The molecule has 2 aromatic heterocycles. The minimum absolute atomic E-state index is 0.729. The zero-order chi connectivity index (χ0) is 10.4. The number of fused-ring (bicyclic) bond motifs is 3. The van der Waals surface area contributed by atoms with Gasteiger partial charge in [-0.2, -0.15) is 4.52 Å². The average Bonchev–Trinajstić information content (AvgIpc) is 2.63. The van der Waals surface area contributed by atoms with Crippen molar-refractivity contribution in [3.63, 3.8) is 0 Å². The summed E-state index contributed by atoms with van der Waals surface area (Å²) in [6.07, 6.45) is 0. The van der Waals surface area contributed by atoms with Gasteiger partial charge in [-0.1, -0.05) is 11.6 Å². The molecule has 0 aliphatic carbocycles. The van der Waals surface area contributed by atoms with E-state index in [1.807, 2.05) is 31.2 Å². The second-order valence-electron chi connectivity index (χ2n) is 3.44.